The van der Waals surface area contributed by atoms with Gasteiger partial charge in [0.25, 0.3) is 17.7 Å². The van der Waals surface area contributed by atoms with Crippen LogP contribution in [0.3, 0.4) is 0 Å². The highest BCUT2D eigenvalue weighted by Crippen LogP contribution is 2.55. The molecule has 0 saturated carbocycles. The first kappa shape index (κ1) is 76.1. The van der Waals surface area contributed by atoms with Gasteiger partial charge in [-0.15, -0.1) is 11.3 Å². The van der Waals surface area contributed by atoms with Crippen LogP contribution in [0.4, 0.5) is 17.6 Å². The Morgan fingerprint density at radius 1 is 0.495 bits per heavy atom. The highest BCUT2D eigenvalue weighted by Gasteiger charge is 2.64. The van der Waals surface area contributed by atoms with Gasteiger partial charge in [-0.1, -0.05) is 118 Å². The van der Waals surface area contributed by atoms with E-state index in [1.54, 1.807) is 69.5 Å². The minimum atomic E-state index is -4.59. The number of nitrogens with zero attached hydrogens (tertiary/aromatic N) is 3. The second-order valence-electron chi connectivity index (χ2n) is 25.3. The van der Waals surface area contributed by atoms with Crippen molar-refractivity contribution in [3.63, 3.8) is 0 Å². The summed E-state index contributed by atoms with van der Waals surface area (Å²) in [7, 11) is 1.47. The van der Waals surface area contributed by atoms with Crippen molar-refractivity contribution in [3.05, 3.63) is 191 Å². The third kappa shape index (κ3) is 16.0. The molecule has 9 rings (SSSR count). The fourth-order valence-electron chi connectivity index (χ4n) is 13.6. The van der Waals surface area contributed by atoms with Crippen LogP contribution < -0.4 is 4.74 Å². The van der Waals surface area contributed by atoms with Crippen molar-refractivity contribution < 1.29 is 96.1 Å². The first-order valence-electron chi connectivity index (χ1n) is 30.3. The lowest BCUT2D eigenvalue weighted by Crippen LogP contribution is -2.54. The molecule has 0 radical (unpaired) electrons. The van der Waals surface area contributed by atoms with Crippen LogP contribution in [0.25, 0.3) is 0 Å². The van der Waals surface area contributed by atoms with Gasteiger partial charge in [-0.2, -0.15) is 13.2 Å². The van der Waals surface area contributed by atoms with E-state index in [2.05, 4.69) is 0 Å². The summed E-state index contributed by atoms with van der Waals surface area (Å²) < 4.78 is 58.2. The third-order valence-electron chi connectivity index (χ3n) is 17.3. The van der Waals surface area contributed by atoms with Gasteiger partial charge in [-0.3, -0.25) is 28.8 Å². The van der Waals surface area contributed by atoms with Crippen LogP contribution in [0, 0.1) is 41.3 Å². The summed E-state index contributed by atoms with van der Waals surface area (Å²) >= 11 is 25.4. The molecule has 3 saturated heterocycles. The summed E-state index contributed by atoms with van der Waals surface area (Å²) in [6, 6.07) is 23.8. The minimum Gasteiger partial charge on any atom is -0.497 e. The zero-order valence-corrected chi connectivity index (χ0v) is 56.9. The number of rotatable bonds is 19. The van der Waals surface area contributed by atoms with E-state index < -0.39 is 124 Å². The molecule has 9 atom stereocenters. The molecule has 0 aliphatic carbocycles. The van der Waals surface area contributed by atoms with E-state index in [1.165, 1.54) is 77.9 Å². The number of carbonyl (C=O) groups excluding carboxylic acids is 3. The summed E-state index contributed by atoms with van der Waals surface area (Å²) in [6.07, 6.45) is -5.34. The van der Waals surface area contributed by atoms with Crippen LogP contribution in [-0.4, -0.2) is 123 Å². The number of methoxy groups -OCH3 is 1. The predicted octanol–water partition coefficient (Wildman–Crippen LogP) is 15.4. The zero-order valence-electron chi connectivity index (χ0n) is 53.1. The number of thiophene rings is 1. The summed E-state index contributed by atoms with van der Waals surface area (Å²) in [5.74, 6) is -13.9. The number of hydrogen-bond acceptors (Lipinski definition) is 11. The quantitative estimate of drug-likeness (QED) is 0.0411. The first-order valence-corrected chi connectivity index (χ1v) is 32.7. The molecule has 4 heterocycles. The lowest BCUT2D eigenvalue weighted by Gasteiger charge is -2.39. The van der Waals surface area contributed by atoms with Crippen molar-refractivity contribution >= 4 is 111 Å². The van der Waals surface area contributed by atoms with Gasteiger partial charge in [-0.05, 0) is 164 Å². The number of likely N-dealkylation sites (tertiary alicyclic amines) is 3. The average Bonchev–Trinajstić information content (AvgIpc) is 1.61. The standard InChI is InChI=1S/C24H25Cl2NO6.C23H22Cl2FNO5.C22H22F3NO5S/c1-13(2)11-24(23(31)32)12-17(22(29)30)20(14-5-4-6-16(9-14)33-3)27(24)21(28)15-7-8-18(25)19(26)10-15;1-12(2)10-23(22(31)32)11-16(21(29)30)19(13-4-3-5-15(26)8-13)27(23)20(28)14-6-7-17(24)18(25)9-14;1-12(2)10-21(20(30)31)11-15(19(28)29)17(16-4-3-9-32-16)26(21)18(27)13-5-7-14(8-6-13)22(23,24)25/h4-10,13,17,20H,11-12H2,1-3H3,(H,29,30)(H,31,32);3-9,12,16,19H,10-11H2,1-2H3,(H,29,30)(H,31,32);3-9,12,15,17H,10-11H2,1-2H3,(H,28,29)(H,30,31). The molecule has 9 unspecified atom stereocenters. The van der Waals surface area contributed by atoms with Crippen LogP contribution in [0.5, 0.6) is 5.75 Å². The summed E-state index contributed by atoms with van der Waals surface area (Å²) in [5, 5.41) is 63.2. The first-order chi connectivity index (χ1) is 45.4. The van der Waals surface area contributed by atoms with Crippen LogP contribution in [0.15, 0.2) is 127 Å². The molecule has 97 heavy (non-hydrogen) atoms. The monoisotopic (exact) mass is 1440 g/mol. The highest BCUT2D eigenvalue weighted by molar-refractivity contribution is 7.10. The molecule has 0 bridgehead atoms. The smallest absolute Gasteiger partial charge is 0.416 e. The molecule has 28 heteroatoms. The van der Waals surface area contributed by atoms with E-state index >= 15 is 0 Å². The van der Waals surface area contributed by atoms with Crippen LogP contribution in [-0.2, 0) is 34.9 Å². The van der Waals surface area contributed by atoms with E-state index in [1.807, 2.05) is 13.8 Å². The molecule has 3 aliphatic rings. The second-order valence-corrected chi connectivity index (χ2v) is 27.9. The van der Waals surface area contributed by atoms with Crippen molar-refractivity contribution in [2.45, 2.75) is 121 Å². The molecule has 1 aromatic heterocycles. The molecular formula is C69H69Cl4F4N3O16S. The Morgan fingerprint density at radius 2 is 0.866 bits per heavy atom. The van der Waals surface area contributed by atoms with Crippen LogP contribution in [0.1, 0.15) is 151 Å². The van der Waals surface area contributed by atoms with Gasteiger partial charge in [0.2, 0.25) is 0 Å². The SMILES string of the molecule is CC(C)CC1(C(=O)O)CC(C(=O)O)C(c2cccc(F)c2)N1C(=O)c1ccc(Cl)c(Cl)c1.CC(C)CC1(C(=O)O)CC(C(=O)O)C(c2cccs2)N1C(=O)c1ccc(C(F)(F)F)cc1.COc1cccc(C2C(C(=O)O)CC(CC(C)C)(C(=O)O)N2C(=O)c2ccc(Cl)c(Cl)c2)c1. The molecule has 6 N–H and O–H groups in total. The number of ether oxygens (including phenoxy) is 1. The van der Waals surface area contributed by atoms with Crippen molar-refractivity contribution in [1.82, 2.24) is 14.7 Å². The van der Waals surface area contributed by atoms with Gasteiger partial charge in [0.15, 0.2) is 0 Å². The minimum absolute atomic E-state index is 0.000360. The number of halogens is 8. The van der Waals surface area contributed by atoms with E-state index in [4.69, 9.17) is 51.1 Å². The molecule has 518 valence electrons. The van der Waals surface area contributed by atoms with Gasteiger partial charge >= 0.3 is 42.0 Å². The van der Waals surface area contributed by atoms with Gasteiger partial charge in [0, 0.05) is 21.6 Å². The van der Waals surface area contributed by atoms with Crippen molar-refractivity contribution in [2.75, 3.05) is 7.11 Å². The number of amides is 3. The Balaban J connectivity index is 0.000000205. The number of aliphatic carboxylic acids is 6. The van der Waals surface area contributed by atoms with E-state index in [-0.39, 0.29) is 98.6 Å². The fraction of sp³-hybridized carbons (Fsp3) is 0.377. The number of carboxylic acids is 6. The van der Waals surface area contributed by atoms with E-state index in [0.29, 0.717) is 16.2 Å². The lowest BCUT2D eigenvalue weighted by molar-refractivity contribution is -0.151. The Kier molecular flexibility index (Phi) is 24.0. The van der Waals surface area contributed by atoms with Gasteiger partial charge in [0.05, 0.1) is 68.6 Å². The van der Waals surface area contributed by atoms with Gasteiger partial charge in [-0.25, -0.2) is 18.8 Å². The molecule has 5 aromatic carbocycles. The normalized spacial score (nSPS) is 22.9. The molecule has 3 fully saturated rings. The third-order valence-corrected chi connectivity index (χ3v) is 19.7. The molecular weight excluding hydrogens is 1380 g/mol. The Hall–Kier alpha value is -8.29. The summed E-state index contributed by atoms with van der Waals surface area (Å²) in [6.45, 7) is 10.8. The van der Waals surface area contributed by atoms with Crippen LogP contribution >= 0.6 is 57.7 Å². The van der Waals surface area contributed by atoms with E-state index in [0.717, 1.165) is 40.1 Å². The maximum absolute atomic E-state index is 14.1. The maximum Gasteiger partial charge on any atom is 0.416 e. The number of carboxylic acid groups (broad SMARTS) is 6. The Morgan fingerprint density at radius 3 is 1.21 bits per heavy atom. The highest BCUT2D eigenvalue weighted by atomic mass is 35.5. The number of carbonyl (C=O) groups is 9. The Labute approximate surface area is 579 Å². The average molecular weight is 1450 g/mol. The second kappa shape index (κ2) is 30.6. The molecule has 3 amide bonds. The maximum atomic E-state index is 14.1. The molecule has 6 aromatic rings. The van der Waals surface area contributed by atoms with Gasteiger partial charge in [0.1, 0.15) is 28.2 Å². The molecule has 19 nitrogen and oxygen atoms in total. The van der Waals surface area contributed by atoms with Crippen molar-refractivity contribution in [3.8, 4) is 5.75 Å². The molecule has 0 spiro atoms. The van der Waals surface area contributed by atoms with E-state index in [9.17, 15) is 91.4 Å². The zero-order chi connectivity index (χ0) is 72.1. The topological polar surface area (TPSA) is 294 Å². The van der Waals surface area contributed by atoms with Crippen molar-refractivity contribution in [2.24, 2.45) is 35.5 Å². The largest absolute Gasteiger partial charge is 0.497 e. The fourth-order valence-corrected chi connectivity index (χ4v) is 15.1. The van der Waals surface area contributed by atoms with Gasteiger partial charge < -0.3 is 50.1 Å². The Bertz CT molecular complexity index is 3970. The number of benzene rings is 5. The predicted molar refractivity (Wildman–Crippen MR) is 352 cm³/mol. The molecule has 3 aliphatic heterocycles. The lowest BCUT2D eigenvalue weighted by atomic mass is 9.83. The van der Waals surface area contributed by atoms with Crippen molar-refractivity contribution in [1.29, 1.82) is 0 Å². The number of hydrogen-bond donors (Lipinski definition) is 6. The summed E-state index contributed by atoms with van der Waals surface area (Å²) in [4.78, 5) is 120. The van der Waals surface area contributed by atoms with Crippen LogP contribution in [0.2, 0.25) is 20.1 Å². The number of alkyl halides is 3. The summed E-state index contributed by atoms with van der Waals surface area (Å²) in [5.41, 5.74) is -5.57.